The zero-order valence-corrected chi connectivity index (χ0v) is 19.3. The molecule has 0 radical (unpaired) electrons. The highest BCUT2D eigenvalue weighted by molar-refractivity contribution is 5.73. The number of aromatic hydroxyl groups is 1. The Bertz CT molecular complexity index is 829. The normalized spacial score (nSPS) is 14.9. The summed E-state index contributed by atoms with van der Waals surface area (Å²) in [5.74, 6) is 0.254. The molecule has 0 saturated heterocycles. The predicted molar refractivity (Wildman–Crippen MR) is 129 cm³/mol. The summed E-state index contributed by atoms with van der Waals surface area (Å²) in [6.45, 7) is 7.49. The van der Waals surface area contributed by atoms with Crippen molar-refractivity contribution < 1.29 is 9.90 Å². The van der Waals surface area contributed by atoms with Gasteiger partial charge in [0.15, 0.2) is 0 Å². The second kappa shape index (κ2) is 13.2. The van der Waals surface area contributed by atoms with E-state index in [9.17, 15) is 9.90 Å². The van der Waals surface area contributed by atoms with E-state index in [0.29, 0.717) is 26.1 Å². The molecule has 1 heterocycles. The first-order chi connectivity index (χ1) is 15.4. The molecule has 8 nitrogen and oxygen atoms in total. The molecule has 0 aromatic heterocycles. The molecule has 0 aliphatic carbocycles. The molecule has 0 spiro atoms. The van der Waals surface area contributed by atoms with Crippen LogP contribution in [0.15, 0.2) is 72.6 Å². The van der Waals surface area contributed by atoms with E-state index >= 15 is 0 Å². The third-order valence-corrected chi connectivity index (χ3v) is 5.05. The van der Waals surface area contributed by atoms with E-state index in [2.05, 4.69) is 33.1 Å². The van der Waals surface area contributed by atoms with Crippen molar-refractivity contribution in [3.8, 4) is 5.75 Å². The van der Waals surface area contributed by atoms with Gasteiger partial charge in [-0.2, -0.15) is 0 Å². The van der Waals surface area contributed by atoms with Crippen LogP contribution in [0.25, 0.3) is 0 Å². The number of phenols is 1. The molecule has 1 aliphatic rings. The lowest BCUT2D eigenvalue weighted by molar-refractivity contribution is 0.232. The molecular weight excluding hydrogens is 404 g/mol. The highest BCUT2D eigenvalue weighted by Crippen LogP contribution is 2.12. The summed E-state index contributed by atoms with van der Waals surface area (Å²) in [7, 11) is 3.99. The Morgan fingerprint density at radius 2 is 2.03 bits per heavy atom. The van der Waals surface area contributed by atoms with E-state index in [-0.39, 0.29) is 17.8 Å². The summed E-state index contributed by atoms with van der Waals surface area (Å²) in [6, 6.07) is 7.13. The first-order valence-electron chi connectivity index (χ1n) is 10.8. The number of likely N-dealkylation sites (N-methyl/N-ethyl adjacent to an activating group) is 1. The van der Waals surface area contributed by atoms with E-state index in [1.54, 1.807) is 18.2 Å². The van der Waals surface area contributed by atoms with E-state index in [1.165, 1.54) is 0 Å². The zero-order chi connectivity index (χ0) is 23.3. The van der Waals surface area contributed by atoms with Crippen LogP contribution in [0.3, 0.4) is 0 Å². The van der Waals surface area contributed by atoms with Crippen molar-refractivity contribution in [2.45, 2.75) is 25.8 Å². The van der Waals surface area contributed by atoms with Crippen LogP contribution in [-0.2, 0) is 6.42 Å². The van der Waals surface area contributed by atoms with Crippen LogP contribution in [-0.4, -0.2) is 60.8 Å². The van der Waals surface area contributed by atoms with Crippen molar-refractivity contribution >= 4 is 6.03 Å². The monoisotopic (exact) mass is 440 g/mol. The van der Waals surface area contributed by atoms with Crippen LogP contribution >= 0.6 is 0 Å². The minimum Gasteiger partial charge on any atom is -0.508 e. The first-order valence-corrected chi connectivity index (χ1v) is 10.8. The lowest BCUT2D eigenvalue weighted by Gasteiger charge is -2.25. The molecule has 0 saturated carbocycles. The maximum atomic E-state index is 12.2. The van der Waals surface area contributed by atoms with Gasteiger partial charge in [-0.05, 0) is 50.7 Å². The third kappa shape index (κ3) is 8.87. The minimum atomic E-state index is -0.185. The largest absolute Gasteiger partial charge is 0.508 e. The van der Waals surface area contributed by atoms with Crippen molar-refractivity contribution in [3.05, 3.63) is 78.2 Å². The van der Waals surface area contributed by atoms with Gasteiger partial charge in [-0.25, -0.2) is 4.79 Å². The van der Waals surface area contributed by atoms with Crippen LogP contribution < -0.4 is 21.6 Å². The number of nitrogens with one attached hydrogen (secondary N) is 4. The number of phenolic OH excluding ortho intramolecular Hbond substituents is 1. The Labute approximate surface area is 191 Å². The van der Waals surface area contributed by atoms with Crippen LogP contribution in [0.2, 0.25) is 0 Å². The molecule has 1 aromatic carbocycles. The summed E-state index contributed by atoms with van der Waals surface area (Å²) >= 11 is 0. The van der Waals surface area contributed by atoms with Crippen molar-refractivity contribution in [1.29, 1.82) is 0 Å². The molecular formula is C24H36N6O2. The summed E-state index contributed by atoms with van der Waals surface area (Å²) in [6.07, 6.45) is 11.3. The van der Waals surface area contributed by atoms with Gasteiger partial charge in [0.05, 0.1) is 6.54 Å². The van der Waals surface area contributed by atoms with Crippen molar-refractivity contribution in [2.24, 2.45) is 0 Å². The van der Waals surface area contributed by atoms with Gasteiger partial charge >= 0.3 is 6.03 Å². The lowest BCUT2D eigenvalue weighted by Crippen LogP contribution is -2.45. The van der Waals surface area contributed by atoms with Gasteiger partial charge in [0.2, 0.25) is 0 Å². The van der Waals surface area contributed by atoms with Gasteiger partial charge in [-0.3, -0.25) is 5.01 Å². The molecule has 1 atom stereocenters. The first kappa shape index (κ1) is 25.0. The van der Waals surface area contributed by atoms with E-state index in [1.807, 2.05) is 62.6 Å². The molecule has 174 valence electrons. The van der Waals surface area contributed by atoms with Crippen LogP contribution in [0.1, 0.15) is 18.9 Å². The minimum absolute atomic E-state index is 0.150. The topological polar surface area (TPSA) is 91.9 Å². The predicted octanol–water partition coefficient (Wildman–Crippen LogP) is 2.41. The number of amides is 2. The smallest absolute Gasteiger partial charge is 0.314 e. The quantitative estimate of drug-likeness (QED) is 0.321. The molecule has 2 amide bonds. The highest BCUT2D eigenvalue weighted by Gasteiger charge is 2.15. The second-order valence-corrected chi connectivity index (χ2v) is 7.87. The van der Waals surface area contributed by atoms with E-state index in [4.69, 9.17) is 0 Å². The number of rotatable bonds is 12. The van der Waals surface area contributed by atoms with Crippen molar-refractivity contribution in [2.75, 3.05) is 33.7 Å². The number of allylic oxidation sites excluding steroid dienone is 3. The highest BCUT2D eigenvalue weighted by atomic mass is 16.3. The molecule has 1 aromatic rings. The maximum absolute atomic E-state index is 12.2. The number of hydrogen-bond acceptors (Lipinski definition) is 6. The van der Waals surface area contributed by atoms with Gasteiger partial charge < -0.3 is 26.1 Å². The Balaban J connectivity index is 1.72. The van der Waals surface area contributed by atoms with Gasteiger partial charge in [0.1, 0.15) is 5.75 Å². The Kier molecular flexibility index (Phi) is 10.4. The second-order valence-electron chi connectivity index (χ2n) is 7.87. The van der Waals surface area contributed by atoms with E-state index in [0.717, 1.165) is 23.3 Å². The summed E-state index contributed by atoms with van der Waals surface area (Å²) < 4.78 is 0. The Morgan fingerprint density at radius 3 is 2.69 bits per heavy atom. The Hall–Kier alpha value is -3.23. The molecule has 2 rings (SSSR count). The van der Waals surface area contributed by atoms with Gasteiger partial charge in [-0.1, -0.05) is 43.0 Å². The molecule has 1 aliphatic heterocycles. The van der Waals surface area contributed by atoms with E-state index < -0.39 is 0 Å². The van der Waals surface area contributed by atoms with Crippen LogP contribution in [0.4, 0.5) is 4.79 Å². The average Bonchev–Trinajstić information content (AvgIpc) is 3.19. The van der Waals surface area contributed by atoms with Gasteiger partial charge in [0, 0.05) is 37.4 Å². The number of nitrogens with zero attached hydrogens (tertiary/aromatic N) is 2. The van der Waals surface area contributed by atoms with Gasteiger partial charge in [0.25, 0.3) is 0 Å². The molecule has 32 heavy (non-hydrogen) atoms. The molecule has 5 N–H and O–H groups in total. The fraction of sp³-hybridized carbons (Fsp3) is 0.375. The summed E-state index contributed by atoms with van der Waals surface area (Å²) in [5.41, 5.74) is 9.48. The van der Waals surface area contributed by atoms with Gasteiger partial charge in [-0.15, -0.1) is 5.53 Å². The SMILES string of the molecule is C=C/C=C(\C=C/C)CN1C=C(CCNC(=O)NC[C@H](Cc2ccc(O)cc2)N(C)C)NN1. The molecule has 0 bridgehead atoms. The third-order valence-electron chi connectivity index (χ3n) is 5.05. The standard InChI is InChI=1S/C24H36N6O2/c1-5-7-20(8-6-2)17-30-18-21(27-28-30)13-14-25-24(32)26-16-22(29(3)4)15-19-9-11-23(31)12-10-19/h5-12,18,22,27-28,31H,1,13-17H2,2-4H3,(H2,25,26,32)/b8-6-,20-7+/t22-/m0/s1. The van der Waals surface area contributed by atoms with Crippen LogP contribution in [0.5, 0.6) is 5.75 Å². The molecule has 0 fully saturated rings. The number of carbonyl (C=O) groups excluding carboxylic acids is 1. The number of hydrazine groups is 2. The number of benzene rings is 1. The van der Waals surface area contributed by atoms with Crippen molar-refractivity contribution in [1.82, 2.24) is 31.5 Å². The molecule has 8 heteroatoms. The zero-order valence-electron chi connectivity index (χ0n) is 19.3. The number of hydrogen-bond donors (Lipinski definition) is 5. The number of urea groups is 1. The molecule has 0 unspecified atom stereocenters. The van der Waals surface area contributed by atoms with Crippen LogP contribution in [0, 0.1) is 0 Å². The fourth-order valence-corrected chi connectivity index (χ4v) is 3.26. The Morgan fingerprint density at radius 1 is 1.28 bits per heavy atom. The maximum Gasteiger partial charge on any atom is 0.314 e. The summed E-state index contributed by atoms with van der Waals surface area (Å²) in [5, 5.41) is 17.2. The lowest BCUT2D eigenvalue weighted by atomic mass is 10.1. The average molecular weight is 441 g/mol. The summed E-state index contributed by atoms with van der Waals surface area (Å²) in [4.78, 5) is 14.3. The number of carbonyl (C=O) groups is 1. The van der Waals surface area contributed by atoms with Crippen molar-refractivity contribution in [3.63, 3.8) is 0 Å². The fourth-order valence-electron chi connectivity index (χ4n) is 3.26.